The summed E-state index contributed by atoms with van der Waals surface area (Å²) in [5.74, 6) is 0.505. The molecule has 0 aliphatic heterocycles. The van der Waals surface area contributed by atoms with Crippen molar-refractivity contribution in [1.29, 1.82) is 0 Å². The lowest BCUT2D eigenvalue weighted by molar-refractivity contribution is -0.152. The van der Waals surface area contributed by atoms with E-state index in [1.807, 2.05) is 0 Å². The first-order chi connectivity index (χ1) is 26.1. The SMILES string of the molecule is CCCCCCC(C)C/C=C\CCCCCCCC(=O)OC.CCCCCCC(C)CCCCCCCCCCC(=O)OC.CCOC(=O)CC(=O)OC. The summed E-state index contributed by atoms with van der Waals surface area (Å²) in [5.41, 5.74) is 0. The van der Waals surface area contributed by atoms with Gasteiger partial charge in [0.1, 0.15) is 6.42 Å². The van der Waals surface area contributed by atoms with E-state index in [1.165, 1.54) is 169 Å². The van der Waals surface area contributed by atoms with Crippen molar-refractivity contribution in [3.8, 4) is 0 Å². The first-order valence-electron chi connectivity index (χ1n) is 22.1. The molecule has 320 valence electrons. The smallest absolute Gasteiger partial charge is 0.317 e. The number of hydrogen-bond acceptors (Lipinski definition) is 8. The monoisotopic (exact) mass is 769 g/mol. The number of rotatable bonds is 34. The fourth-order valence-corrected chi connectivity index (χ4v) is 6.04. The summed E-state index contributed by atoms with van der Waals surface area (Å²) in [4.78, 5) is 42.8. The summed E-state index contributed by atoms with van der Waals surface area (Å²) in [5, 5.41) is 0. The van der Waals surface area contributed by atoms with Crippen LogP contribution in [0.1, 0.15) is 221 Å². The summed E-state index contributed by atoms with van der Waals surface area (Å²) in [6, 6.07) is 0. The normalized spacial score (nSPS) is 11.8. The second kappa shape index (κ2) is 46.8. The molecule has 0 saturated carbocycles. The van der Waals surface area contributed by atoms with E-state index < -0.39 is 11.9 Å². The van der Waals surface area contributed by atoms with Gasteiger partial charge in [-0.2, -0.15) is 0 Å². The zero-order valence-electron chi connectivity index (χ0n) is 36.8. The molecular weight excluding hydrogens is 680 g/mol. The molecule has 0 fully saturated rings. The zero-order chi connectivity index (χ0) is 40.9. The highest BCUT2D eigenvalue weighted by Crippen LogP contribution is 2.19. The Kier molecular flexibility index (Phi) is 48.5. The fraction of sp³-hybridized carbons (Fsp3) is 0.870. The van der Waals surface area contributed by atoms with Crippen LogP contribution in [0.4, 0.5) is 0 Å². The second-order valence-corrected chi connectivity index (χ2v) is 15.0. The van der Waals surface area contributed by atoms with Crippen LogP contribution in [-0.4, -0.2) is 51.8 Å². The van der Waals surface area contributed by atoms with Gasteiger partial charge in [-0.15, -0.1) is 0 Å². The van der Waals surface area contributed by atoms with E-state index in [1.54, 1.807) is 6.92 Å². The van der Waals surface area contributed by atoms with Crippen LogP contribution in [0.2, 0.25) is 0 Å². The number of methoxy groups -OCH3 is 3. The molecule has 8 heteroatoms. The summed E-state index contributed by atoms with van der Waals surface area (Å²) >= 11 is 0. The van der Waals surface area contributed by atoms with Crippen LogP contribution in [-0.2, 0) is 38.1 Å². The van der Waals surface area contributed by atoms with Gasteiger partial charge in [0.05, 0.1) is 27.9 Å². The van der Waals surface area contributed by atoms with Gasteiger partial charge in [-0.05, 0) is 50.9 Å². The molecule has 0 radical (unpaired) electrons. The molecule has 0 aliphatic rings. The second-order valence-electron chi connectivity index (χ2n) is 15.0. The lowest BCUT2D eigenvalue weighted by atomic mass is 9.96. The molecule has 0 bridgehead atoms. The third-order valence-electron chi connectivity index (χ3n) is 9.66. The van der Waals surface area contributed by atoms with E-state index in [2.05, 4.69) is 58.8 Å². The quantitative estimate of drug-likeness (QED) is 0.0209. The van der Waals surface area contributed by atoms with Crippen LogP contribution in [0.3, 0.4) is 0 Å². The topological polar surface area (TPSA) is 105 Å². The highest BCUT2D eigenvalue weighted by atomic mass is 16.5. The van der Waals surface area contributed by atoms with Crippen molar-refractivity contribution in [3.05, 3.63) is 12.2 Å². The Morgan fingerprint density at radius 1 is 0.444 bits per heavy atom. The van der Waals surface area contributed by atoms with Gasteiger partial charge in [-0.3, -0.25) is 19.2 Å². The van der Waals surface area contributed by atoms with Crippen LogP contribution >= 0.6 is 0 Å². The van der Waals surface area contributed by atoms with Crippen molar-refractivity contribution >= 4 is 23.9 Å². The molecule has 0 aromatic rings. The minimum absolute atomic E-state index is 0.0659. The summed E-state index contributed by atoms with van der Waals surface area (Å²) in [6.45, 7) is 11.3. The first kappa shape index (κ1) is 56.0. The van der Waals surface area contributed by atoms with E-state index in [9.17, 15) is 19.2 Å². The van der Waals surface area contributed by atoms with E-state index in [0.717, 1.165) is 31.1 Å². The van der Waals surface area contributed by atoms with Crippen LogP contribution in [0.25, 0.3) is 0 Å². The number of allylic oxidation sites excluding steroid dienone is 2. The summed E-state index contributed by atoms with van der Waals surface area (Å²) in [6.07, 6.45) is 39.6. The standard InChI is InChI=1S/C20H40O2.C20H38O2.C6H10O4/c2*1-4-5-6-13-16-19(2)17-14-11-9-7-8-10-12-15-18-20(21)22-3;1-3-10-6(8)4-5(7)9-2/h19H,4-18H2,1-3H3;11,14,19H,4-10,12-13,15-18H2,1-3H3;3-4H2,1-2H3/b;14-11-;. The van der Waals surface area contributed by atoms with E-state index in [-0.39, 0.29) is 25.0 Å². The molecule has 0 spiro atoms. The maximum atomic E-state index is 10.9. The number of esters is 4. The molecule has 0 saturated heterocycles. The first-order valence-corrected chi connectivity index (χ1v) is 22.1. The van der Waals surface area contributed by atoms with Crippen LogP contribution in [0.15, 0.2) is 12.2 Å². The average molecular weight is 769 g/mol. The molecule has 0 aromatic heterocycles. The molecule has 0 aliphatic carbocycles. The Labute approximate surface area is 334 Å². The molecule has 0 N–H and O–H groups in total. The predicted octanol–water partition coefficient (Wildman–Crippen LogP) is 13.2. The van der Waals surface area contributed by atoms with Gasteiger partial charge in [-0.1, -0.05) is 175 Å². The molecule has 0 aromatic carbocycles. The highest BCUT2D eigenvalue weighted by molar-refractivity contribution is 5.91. The van der Waals surface area contributed by atoms with Crippen molar-refractivity contribution in [2.75, 3.05) is 27.9 Å². The van der Waals surface area contributed by atoms with Crippen LogP contribution < -0.4 is 0 Å². The summed E-state index contributed by atoms with van der Waals surface area (Å²) in [7, 11) is 4.15. The maximum absolute atomic E-state index is 10.9. The van der Waals surface area contributed by atoms with E-state index in [0.29, 0.717) is 12.8 Å². The number of hydrogen-bond donors (Lipinski definition) is 0. The Morgan fingerprint density at radius 3 is 1.26 bits per heavy atom. The molecule has 8 nitrogen and oxygen atoms in total. The van der Waals surface area contributed by atoms with Gasteiger partial charge in [0, 0.05) is 12.8 Å². The third kappa shape index (κ3) is 49.6. The van der Waals surface area contributed by atoms with Crippen molar-refractivity contribution in [1.82, 2.24) is 0 Å². The lowest BCUT2D eigenvalue weighted by Crippen LogP contribution is -2.11. The molecule has 0 amide bonds. The maximum Gasteiger partial charge on any atom is 0.317 e. The van der Waals surface area contributed by atoms with Gasteiger partial charge < -0.3 is 18.9 Å². The molecule has 2 unspecified atom stereocenters. The molecule has 0 rings (SSSR count). The minimum Gasteiger partial charge on any atom is -0.469 e. The van der Waals surface area contributed by atoms with Crippen LogP contribution in [0.5, 0.6) is 0 Å². The lowest BCUT2D eigenvalue weighted by Gasteiger charge is -2.10. The van der Waals surface area contributed by atoms with Gasteiger partial charge in [-0.25, -0.2) is 0 Å². The van der Waals surface area contributed by atoms with Gasteiger partial charge in [0.2, 0.25) is 0 Å². The molecule has 54 heavy (non-hydrogen) atoms. The largest absolute Gasteiger partial charge is 0.469 e. The Morgan fingerprint density at radius 2 is 0.833 bits per heavy atom. The van der Waals surface area contributed by atoms with Crippen LogP contribution in [0, 0.1) is 11.8 Å². The van der Waals surface area contributed by atoms with Crippen molar-refractivity contribution in [3.63, 3.8) is 0 Å². The van der Waals surface area contributed by atoms with Gasteiger partial charge >= 0.3 is 23.9 Å². The molecule has 2 atom stereocenters. The predicted molar refractivity (Wildman–Crippen MR) is 225 cm³/mol. The van der Waals surface area contributed by atoms with E-state index in [4.69, 9.17) is 0 Å². The zero-order valence-corrected chi connectivity index (χ0v) is 36.8. The summed E-state index contributed by atoms with van der Waals surface area (Å²) < 4.78 is 18.0. The number of carbonyl (C=O) groups excluding carboxylic acids is 4. The number of ether oxygens (including phenoxy) is 4. The Hall–Kier alpha value is -2.38. The van der Waals surface area contributed by atoms with Gasteiger partial charge in [0.25, 0.3) is 0 Å². The van der Waals surface area contributed by atoms with Gasteiger partial charge in [0.15, 0.2) is 0 Å². The fourth-order valence-electron chi connectivity index (χ4n) is 6.04. The Balaban J connectivity index is -0.000000774. The Bertz CT molecular complexity index is 856. The van der Waals surface area contributed by atoms with Crippen molar-refractivity contribution in [2.24, 2.45) is 11.8 Å². The number of unbranched alkanes of at least 4 members (excludes halogenated alkanes) is 18. The third-order valence-corrected chi connectivity index (χ3v) is 9.66. The average Bonchev–Trinajstić information content (AvgIpc) is 3.16. The van der Waals surface area contributed by atoms with E-state index >= 15 is 0 Å². The van der Waals surface area contributed by atoms with Crippen molar-refractivity contribution < 1.29 is 38.1 Å². The molecular formula is C46H88O8. The number of carbonyl (C=O) groups is 4. The molecule has 0 heterocycles. The van der Waals surface area contributed by atoms with Crippen molar-refractivity contribution in [2.45, 2.75) is 221 Å². The highest BCUT2D eigenvalue weighted by Gasteiger charge is 2.09. The minimum atomic E-state index is -0.571.